The fraction of sp³-hybridized carbons (Fsp3) is 0.267. The van der Waals surface area contributed by atoms with E-state index in [9.17, 15) is 4.79 Å². The zero-order valence-electron chi connectivity index (χ0n) is 11.4. The Kier molecular flexibility index (Phi) is 6.06. The minimum absolute atomic E-state index is 0.0900. The fourth-order valence-corrected chi connectivity index (χ4v) is 3.23. The van der Waals surface area contributed by atoms with Crippen LogP contribution in [-0.4, -0.2) is 19.6 Å². The highest BCUT2D eigenvalue weighted by molar-refractivity contribution is 7.16. The molecule has 2 aromatic rings. The van der Waals surface area contributed by atoms with Crippen LogP contribution in [0.4, 0.5) is 0 Å². The summed E-state index contributed by atoms with van der Waals surface area (Å²) >= 11 is 13.4. The summed E-state index contributed by atoms with van der Waals surface area (Å²) in [4.78, 5) is 13.0. The molecule has 0 bridgehead atoms. The van der Waals surface area contributed by atoms with E-state index in [-0.39, 0.29) is 18.4 Å². The van der Waals surface area contributed by atoms with Crippen molar-refractivity contribution in [2.24, 2.45) is 0 Å². The van der Waals surface area contributed by atoms with E-state index in [0.29, 0.717) is 15.9 Å². The Hall–Kier alpha value is -1.07. The zero-order chi connectivity index (χ0) is 15.2. The molecule has 0 unspecified atom stereocenters. The molecule has 0 aliphatic rings. The molecule has 0 aliphatic heterocycles. The summed E-state index contributed by atoms with van der Waals surface area (Å²) in [6, 6.07) is 11.0. The van der Waals surface area contributed by atoms with E-state index in [0.717, 1.165) is 10.4 Å². The summed E-state index contributed by atoms with van der Waals surface area (Å²) < 4.78 is 6.09. The van der Waals surface area contributed by atoms with Gasteiger partial charge in [0.1, 0.15) is 6.10 Å². The molecule has 1 atom stereocenters. The Labute approximate surface area is 137 Å². The van der Waals surface area contributed by atoms with Crippen LogP contribution in [0.3, 0.4) is 0 Å². The fourth-order valence-electron chi connectivity index (χ4n) is 1.89. The number of thiophene rings is 1. The molecular formula is C15H15Cl2NO2S. The minimum Gasteiger partial charge on any atom is -0.374 e. The van der Waals surface area contributed by atoms with E-state index in [1.165, 1.54) is 11.3 Å². The van der Waals surface area contributed by atoms with Crippen molar-refractivity contribution in [2.45, 2.75) is 12.5 Å². The van der Waals surface area contributed by atoms with Crippen LogP contribution >= 0.6 is 34.5 Å². The predicted molar refractivity (Wildman–Crippen MR) is 87.2 cm³/mol. The number of rotatable bonds is 6. The van der Waals surface area contributed by atoms with E-state index in [1.54, 1.807) is 13.2 Å². The first-order valence-electron chi connectivity index (χ1n) is 6.38. The Bertz CT molecular complexity index is 615. The molecule has 1 amide bonds. The molecule has 1 aromatic carbocycles. The summed E-state index contributed by atoms with van der Waals surface area (Å²) in [6.07, 6.45) is 0.0547. The molecule has 1 aromatic heterocycles. The van der Waals surface area contributed by atoms with Crippen molar-refractivity contribution in [1.82, 2.24) is 5.32 Å². The van der Waals surface area contributed by atoms with Gasteiger partial charge in [-0.2, -0.15) is 0 Å². The highest BCUT2D eigenvalue weighted by Crippen LogP contribution is 2.28. The minimum atomic E-state index is -0.197. The second-order valence-electron chi connectivity index (χ2n) is 4.44. The van der Waals surface area contributed by atoms with Gasteiger partial charge in [0.05, 0.1) is 10.8 Å². The Morgan fingerprint density at radius 3 is 2.67 bits per heavy atom. The van der Waals surface area contributed by atoms with Gasteiger partial charge in [-0.15, -0.1) is 11.3 Å². The predicted octanol–water partition coefficient (Wildman–Crippen LogP) is 4.10. The van der Waals surface area contributed by atoms with Gasteiger partial charge in [0, 0.05) is 23.6 Å². The molecule has 2 rings (SSSR count). The maximum absolute atomic E-state index is 12.0. The van der Waals surface area contributed by atoms with Crippen LogP contribution in [0.2, 0.25) is 9.36 Å². The molecule has 0 saturated carbocycles. The van der Waals surface area contributed by atoms with Crippen LogP contribution in [-0.2, 0) is 16.0 Å². The third kappa shape index (κ3) is 4.71. The number of benzene rings is 1. The molecule has 0 radical (unpaired) electrons. The summed E-state index contributed by atoms with van der Waals surface area (Å²) in [7, 11) is 1.61. The number of carbonyl (C=O) groups is 1. The Morgan fingerprint density at radius 1 is 1.29 bits per heavy atom. The van der Waals surface area contributed by atoms with Gasteiger partial charge in [0.2, 0.25) is 5.91 Å². The molecule has 0 spiro atoms. The summed E-state index contributed by atoms with van der Waals surface area (Å²) in [6.45, 7) is 0.399. The number of nitrogens with one attached hydrogen (secondary N) is 1. The van der Waals surface area contributed by atoms with E-state index < -0.39 is 0 Å². The van der Waals surface area contributed by atoms with Gasteiger partial charge in [0.15, 0.2) is 0 Å². The average Bonchev–Trinajstić information content (AvgIpc) is 2.89. The summed E-state index contributed by atoms with van der Waals surface area (Å²) in [5.41, 5.74) is 0.810. The molecular weight excluding hydrogens is 329 g/mol. The molecule has 0 aliphatic carbocycles. The number of methoxy groups -OCH3 is 1. The number of hydrogen-bond donors (Lipinski definition) is 1. The number of carbonyl (C=O) groups excluding carboxylic acids is 1. The van der Waals surface area contributed by atoms with Crippen molar-refractivity contribution in [2.75, 3.05) is 13.7 Å². The first-order valence-corrected chi connectivity index (χ1v) is 7.95. The monoisotopic (exact) mass is 343 g/mol. The Morgan fingerprint density at radius 2 is 2.05 bits per heavy atom. The van der Waals surface area contributed by atoms with Crippen LogP contribution in [0.15, 0.2) is 36.4 Å². The maximum Gasteiger partial charge on any atom is 0.224 e. The van der Waals surface area contributed by atoms with Crippen molar-refractivity contribution in [3.63, 3.8) is 0 Å². The van der Waals surface area contributed by atoms with E-state index in [2.05, 4.69) is 5.32 Å². The lowest BCUT2D eigenvalue weighted by Crippen LogP contribution is -2.30. The van der Waals surface area contributed by atoms with Crippen LogP contribution in [0, 0.1) is 0 Å². The van der Waals surface area contributed by atoms with Crippen LogP contribution in [0.1, 0.15) is 16.5 Å². The number of ether oxygens (including phenoxy) is 1. The molecule has 3 nitrogen and oxygen atoms in total. The second kappa shape index (κ2) is 7.80. The summed E-state index contributed by atoms with van der Waals surface area (Å²) in [5.74, 6) is -0.0900. The third-order valence-corrected chi connectivity index (χ3v) is 4.68. The highest BCUT2D eigenvalue weighted by Gasteiger charge is 2.15. The number of halogens is 2. The van der Waals surface area contributed by atoms with E-state index in [4.69, 9.17) is 27.9 Å². The first-order chi connectivity index (χ1) is 10.1. The SMILES string of the molecule is CO[C@@H](CNC(=O)Cc1ccccc1Cl)c1ccc(Cl)s1. The molecule has 1 N–H and O–H groups in total. The standard InChI is InChI=1S/C15H15Cl2NO2S/c1-20-12(13-6-7-14(17)21-13)9-18-15(19)8-10-4-2-3-5-11(10)16/h2-7,12H,8-9H2,1H3,(H,18,19)/t12-/m0/s1. The van der Waals surface area contributed by atoms with Crippen LogP contribution in [0.25, 0.3) is 0 Å². The van der Waals surface area contributed by atoms with Gasteiger partial charge in [0.25, 0.3) is 0 Å². The van der Waals surface area contributed by atoms with Gasteiger partial charge >= 0.3 is 0 Å². The van der Waals surface area contributed by atoms with Crippen LogP contribution < -0.4 is 5.32 Å². The van der Waals surface area contributed by atoms with Gasteiger partial charge in [-0.1, -0.05) is 41.4 Å². The highest BCUT2D eigenvalue weighted by atomic mass is 35.5. The van der Waals surface area contributed by atoms with Crippen molar-refractivity contribution < 1.29 is 9.53 Å². The second-order valence-corrected chi connectivity index (χ2v) is 6.59. The van der Waals surface area contributed by atoms with Crippen molar-refractivity contribution >= 4 is 40.4 Å². The van der Waals surface area contributed by atoms with Crippen molar-refractivity contribution in [1.29, 1.82) is 0 Å². The zero-order valence-corrected chi connectivity index (χ0v) is 13.8. The number of hydrogen-bond acceptors (Lipinski definition) is 3. The average molecular weight is 344 g/mol. The van der Waals surface area contributed by atoms with Gasteiger partial charge in [-0.25, -0.2) is 0 Å². The van der Waals surface area contributed by atoms with E-state index in [1.807, 2.05) is 30.3 Å². The lowest BCUT2D eigenvalue weighted by Gasteiger charge is -2.14. The third-order valence-electron chi connectivity index (χ3n) is 2.99. The van der Waals surface area contributed by atoms with Gasteiger partial charge in [-0.3, -0.25) is 4.79 Å². The quantitative estimate of drug-likeness (QED) is 0.857. The number of amides is 1. The topological polar surface area (TPSA) is 38.3 Å². The Balaban J connectivity index is 1.89. The smallest absolute Gasteiger partial charge is 0.224 e. The maximum atomic E-state index is 12.0. The lowest BCUT2D eigenvalue weighted by atomic mass is 10.1. The van der Waals surface area contributed by atoms with E-state index >= 15 is 0 Å². The molecule has 21 heavy (non-hydrogen) atoms. The van der Waals surface area contributed by atoms with Gasteiger partial charge < -0.3 is 10.1 Å². The van der Waals surface area contributed by atoms with Crippen molar-refractivity contribution in [3.8, 4) is 0 Å². The summed E-state index contributed by atoms with van der Waals surface area (Å²) in [5, 5.41) is 3.46. The normalized spacial score (nSPS) is 12.1. The largest absolute Gasteiger partial charge is 0.374 e. The molecule has 6 heteroatoms. The molecule has 112 valence electrons. The van der Waals surface area contributed by atoms with Crippen molar-refractivity contribution in [3.05, 3.63) is 56.2 Å². The van der Waals surface area contributed by atoms with Crippen LogP contribution in [0.5, 0.6) is 0 Å². The first kappa shape index (κ1) is 16.3. The molecule has 1 heterocycles. The van der Waals surface area contributed by atoms with Gasteiger partial charge in [-0.05, 0) is 23.8 Å². The molecule has 0 saturated heterocycles. The lowest BCUT2D eigenvalue weighted by molar-refractivity contribution is -0.121. The molecule has 0 fully saturated rings.